The molecule has 0 amide bonds. The van der Waals surface area contributed by atoms with Crippen molar-refractivity contribution in [1.82, 2.24) is 14.9 Å². The molecule has 0 aromatic carbocycles. The highest BCUT2D eigenvalue weighted by Crippen LogP contribution is 2.30. The minimum absolute atomic E-state index is 0.422. The molecule has 0 unspecified atom stereocenters. The number of hydrogen-bond acceptors (Lipinski definition) is 2. The Balaban J connectivity index is 1.75. The van der Waals surface area contributed by atoms with Crippen molar-refractivity contribution in [1.29, 1.82) is 0 Å². The number of aryl methyl sites for hydroxylation is 1. The average molecular weight is 193 g/mol. The molecule has 0 radical (unpaired) electrons. The van der Waals surface area contributed by atoms with E-state index in [0.29, 0.717) is 5.54 Å². The summed E-state index contributed by atoms with van der Waals surface area (Å²) in [7, 11) is 2.05. The van der Waals surface area contributed by atoms with E-state index < -0.39 is 0 Å². The fraction of sp³-hybridized carbons (Fsp3) is 0.727. The third kappa shape index (κ3) is 1.98. The van der Waals surface area contributed by atoms with Gasteiger partial charge in [0, 0.05) is 37.9 Å². The van der Waals surface area contributed by atoms with Crippen LogP contribution in [0, 0.1) is 0 Å². The Morgan fingerprint density at radius 2 is 2.36 bits per heavy atom. The summed E-state index contributed by atoms with van der Waals surface area (Å²) >= 11 is 0. The summed E-state index contributed by atoms with van der Waals surface area (Å²) in [6, 6.07) is 0. The van der Waals surface area contributed by atoms with Crippen LogP contribution in [0.1, 0.15) is 32.0 Å². The summed E-state index contributed by atoms with van der Waals surface area (Å²) in [5.41, 5.74) is 0.422. The van der Waals surface area contributed by atoms with E-state index in [9.17, 15) is 0 Å². The minimum atomic E-state index is 0.422. The predicted octanol–water partition coefficient (Wildman–Crippen LogP) is 1.49. The molecule has 0 spiro atoms. The summed E-state index contributed by atoms with van der Waals surface area (Å²) in [5.74, 6) is 1.17. The standard InChI is InChI=1S/C11H19N3/c1-11(5-3-6-11)13-7-4-10-12-8-9-14(10)2/h8-9,13H,3-7H2,1-2H3. The van der Waals surface area contributed by atoms with Gasteiger partial charge in [0.05, 0.1) is 0 Å². The molecule has 78 valence electrons. The Bertz CT molecular complexity index is 299. The summed E-state index contributed by atoms with van der Waals surface area (Å²) in [5, 5.41) is 3.61. The van der Waals surface area contributed by atoms with Crippen molar-refractivity contribution in [3.05, 3.63) is 18.2 Å². The topological polar surface area (TPSA) is 29.9 Å². The van der Waals surface area contributed by atoms with Gasteiger partial charge in [-0.2, -0.15) is 0 Å². The lowest BCUT2D eigenvalue weighted by molar-refractivity contribution is 0.210. The van der Waals surface area contributed by atoms with Gasteiger partial charge >= 0.3 is 0 Å². The second kappa shape index (κ2) is 3.73. The van der Waals surface area contributed by atoms with E-state index in [1.807, 2.05) is 19.4 Å². The fourth-order valence-electron chi connectivity index (χ4n) is 2.00. The third-order valence-corrected chi connectivity index (χ3v) is 3.28. The molecule has 3 heteroatoms. The molecule has 0 aliphatic heterocycles. The van der Waals surface area contributed by atoms with E-state index in [4.69, 9.17) is 0 Å². The average Bonchev–Trinajstić information content (AvgIpc) is 2.49. The molecule has 1 N–H and O–H groups in total. The van der Waals surface area contributed by atoms with Gasteiger partial charge in [0.15, 0.2) is 0 Å². The number of imidazole rings is 1. The highest BCUT2D eigenvalue weighted by molar-refractivity contribution is 4.95. The van der Waals surface area contributed by atoms with Crippen LogP contribution in [0.2, 0.25) is 0 Å². The highest BCUT2D eigenvalue weighted by Gasteiger charge is 2.30. The lowest BCUT2D eigenvalue weighted by atomic mass is 9.78. The first-order valence-corrected chi connectivity index (χ1v) is 5.41. The first-order valence-electron chi connectivity index (χ1n) is 5.41. The van der Waals surface area contributed by atoms with Gasteiger partial charge in [-0.1, -0.05) is 0 Å². The van der Waals surface area contributed by atoms with Crippen LogP contribution in [0.4, 0.5) is 0 Å². The maximum atomic E-state index is 4.30. The number of aromatic nitrogens is 2. The van der Waals surface area contributed by atoms with Crippen LogP contribution < -0.4 is 5.32 Å². The molecule has 1 fully saturated rings. The number of nitrogens with zero attached hydrogens (tertiary/aromatic N) is 2. The van der Waals surface area contributed by atoms with E-state index >= 15 is 0 Å². The molecule has 0 atom stereocenters. The molecular formula is C11H19N3. The summed E-state index contributed by atoms with van der Waals surface area (Å²) in [6.07, 6.45) is 8.92. The summed E-state index contributed by atoms with van der Waals surface area (Å²) < 4.78 is 2.09. The van der Waals surface area contributed by atoms with Gasteiger partial charge < -0.3 is 9.88 Å². The largest absolute Gasteiger partial charge is 0.338 e. The van der Waals surface area contributed by atoms with E-state index in [2.05, 4.69) is 21.8 Å². The Hall–Kier alpha value is -0.830. The molecule has 14 heavy (non-hydrogen) atoms. The number of nitrogens with one attached hydrogen (secondary N) is 1. The van der Waals surface area contributed by atoms with Crippen LogP contribution in [-0.4, -0.2) is 21.6 Å². The Labute approximate surface area is 85.5 Å². The lowest BCUT2D eigenvalue weighted by Gasteiger charge is -2.39. The zero-order valence-electron chi connectivity index (χ0n) is 9.08. The van der Waals surface area contributed by atoms with E-state index in [0.717, 1.165) is 13.0 Å². The molecular weight excluding hydrogens is 174 g/mol. The molecule has 1 heterocycles. The molecule has 0 saturated heterocycles. The van der Waals surface area contributed by atoms with Gasteiger partial charge in [0.1, 0.15) is 5.82 Å². The SMILES string of the molecule is Cn1ccnc1CCNC1(C)CCC1. The Morgan fingerprint density at radius 3 is 2.86 bits per heavy atom. The summed E-state index contributed by atoms with van der Waals surface area (Å²) in [6.45, 7) is 3.36. The van der Waals surface area contributed by atoms with Crippen LogP contribution in [0.3, 0.4) is 0 Å². The van der Waals surface area contributed by atoms with E-state index in [1.165, 1.54) is 25.1 Å². The normalized spacial score (nSPS) is 19.3. The van der Waals surface area contributed by atoms with Crippen LogP contribution in [-0.2, 0) is 13.5 Å². The van der Waals surface area contributed by atoms with Crippen LogP contribution in [0.15, 0.2) is 12.4 Å². The zero-order chi connectivity index (χ0) is 10.0. The van der Waals surface area contributed by atoms with Crippen molar-refractivity contribution in [3.8, 4) is 0 Å². The minimum Gasteiger partial charge on any atom is -0.338 e. The van der Waals surface area contributed by atoms with Crippen LogP contribution in [0.5, 0.6) is 0 Å². The molecule has 1 saturated carbocycles. The zero-order valence-corrected chi connectivity index (χ0v) is 9.08. The van der Waals surface area contributed by atoms with Crippen molar-refractivity contribution < 1.29 is 0 Å². The second-order valence-electron chi connectivity index (χ2n) is 4.55. The molecule has 3 nitrogen and oxygen atoms in total. The maximum absolute atomic E-state index is 4.30. The van der Waals surface area contributed by atoms with Crippen molar-refractivity contribution in [3.63, 3.8) is 0 Å². The highest BCUT2D eigenvalue weighted by atomic mass is 15.0. The second-order valence-corrected chi connectivity index (χ2v) is 4.55. The van der Waals surface area contributed by atoms with Gasteiger partial charge in [-0.3, -0.25) is 0 Å². The Morgan fingerprint density at radius 1 is 1.57 bits per heavy atom. The van der Waals surface area contributed by atoms with Crippen molar-refractivity contribution in [2.75, 3.05) is 6.54 Å². The number of rotatable bonds is 4. The van der Waals surface area contributed by atoms with Crippen LogP contribution in [0.25, 0.3) is 0 Å². The quantitative estimate of drug-likeness (QED) is 0.785. The molecule has 1 aromatic rings. The first kappa shape index (κ1) is 9.71. The van der Waals surface area contributed by atoms with Gasteiger partial charge in [0.25, 0.3) is 0 Å². The van der Waals surface area contributed by atoms with Crippen molar-refractivity contribution in [2.24, 2.45) is 7.05 Å². The summed E-state index contributed by atoms with van der Waals surface area (Å²) in [4.78, 5) is 4.30. The molecule has 1 aliphatic rings. The third-order valence-electron chi connectivity index (χ3n) is 3.28. The molecule has 0 bridgehead atoms. The molecule has 1 aliphatic carbocycles. The smallest absolute Gasteiger partial charge is 0.109 e. The molecule has 2 rings (SSSR count). The first-order chi connectivity index (χ1) is 6.70. The monoisotopic (exact) mass is 193 g/mol. The van der Waals surface area contributed by atoms with Gasteiger partial charge in [-0.15, -0.1) is 0 Å². The Kier molecular flexibility index (Phi) is 2.59. The predicted molar refractivity (Wildman–Crippen MR) is 57.2 cm³/mol. The number of hydrogen-bond donors (Lipinski definition) is 1. The fourth-order valence-corrected chi connectivity index (χ4v) is 2.00. The van der Waals surface area contributed by atoms with Crippen molar-refractivity contribution >= 4 is 0 Å². The van der Waals surface area contributed by atoms with E-state index in [1.54, 1.807) is 0 Å². The van der Waals surface area contributed by atoms with Crippen molar-refractivity contribution in [2.45, 2.75) is 38.1 Å². The van der Waals surface area contributed by atoms with Gasteiger partial charge in [-0.05, 0) is 26.2 Å². The van der Waals surface area contributed by atoms with Gasteiger partial charge in [0.2, 0.25) is 0 Å². The van der Waals surface area contributed by atoms with Gasteiger partial charge in [-0.25, -0.2) is 4.98 Å². The van der Waals surface area contributed by atoms with Crippen LogP contribution >= 0.6 is 0 Å². The molecule has 1 aromatic heterocycles. The maximum Gasteiger partial charge on any atom is 0.109 e. The van der Waals surface area contributed by atoms with E-state index in [-0.39, 0.29) is 0 Å². The lowest BCUT2D eigenvalue weighted by Crippen LogP contribution is -2.48.